The van der Waals surface area contributed by atoms with Crippen molar-refractivity contribution in [2.45, 2.75) is 0 Å². The largest absolute Gasteiger partial charge is 0.310 e. The summed E-state index contributed by atoms with van der Waals surface area (Å²) >= 11 is 0. The van der Waals surface area contributed by atoms with Crippen LogP contribution < -0.4 is 26.2 Å². The Morgan fingerprint density at radius 2 is 0.707 bits per heavy atom. The van der Waals surface area contributed by atoms with Gasteiger partial charge in [-0.15, -0.1) is 0 Å². The van der Waals surface area contributed by atoms with Crippen LogP contribution >= 0.6 is 0 Å². The number of benzene rings is 11. The first-order valence-corrected chi connectivity index (χ1v) is 27.4. The van der Waals surface area contributed by atoms with Crippen LogP contribution in [0.25, 0.3) is 94.3 Å². The molecule has 5 nitrogen and oxygen atoms in total. The molecule has 2 aliphatic heterocycles. The zero-order chi connectivity index (χ0) is 61.1. The quantitative estimate of drug-likeness (QED) is 0.135. The predicted molar refractivity (Wildman–Crippen MR) is 343 cm³/mol. The van der Waals surface area contributed by atoms with Gasteiger partial charge < -0.3 is 14.4 Å². The molecule has 16 rings (SSSR count). The second kappa shape index (κ2) is 19.5. The lowest BCUT2D eigenvalue weighted by Crippen LogP contribution is -2.61. The fourth-order valence-corrected chi connectivity index (χ4v) is 12.8. The lowest BCUT2D eigenvalue weighted by atomic mass is 9.33. The van der Waals surface area contributed by atoms with Gasteiger partial charge in [0.2, 0.25) is 0 Å². The first kappa shape index (κ1) is 39.5. The van der Waals surface area contributed by atoms with Crippen molar-refractivity contribution in [3.05, 3.63) is 304 Å². The fraction of sp³-hybridized carbons (Fsp3) is 0. The van der Waals surface area contributed by atoms with Crippen molar-refractivity contribution in [1.82, 2.24) is 14.5 Å². The summed E-state index contributed by atoms with van der Waals surface area (Å²) in [7, 11) is 0. The molecule has 0 bridgehead atoms. The van der Waals surface area contributed by atoms with Gasteiger partial charge in [0.15, 0.2) is 0 Å². The maximum Gasteiger partial charge on any atom is 0.252 e. The monoisotopic (exact) mass is 1050 g/mol. The Hall–Kier alpha value is -10.8. The summed E-state index contributed by atoms with van der Waals surface area (Å²) in [6, 6.07) is 86.9. The van der Waals surface area contributed by atoms with Crippen LogP contribution in [0.3, 0.4) is 0 Å². The van der Waals surface area contributed by atoms with E-state index >= 15 is 0 Å². The minimum absolute atomic E-state index is 0.116. The van der Waals surface area contributed by atoms with Gasteiger partial charge in [-0.3, -0.25) is 9.97 Å². The topological polar surface area (TPSA) is 37.2 Å². The van der Waals surface area contributed by atoms with E-state index in [1.165, 1.54) is 0 Å². The molecule has 0 unspecified atom stereocenters. The third-order valence-corrected chi connectivity index (χ3v) is 16.3. The molecule has 0 saturated heterocycles. The molecule has 0 atom stereocenters. The number of nitrogens with zero attached hydrogens (tertiary/aromatic N) is 5. The Morgan fingerprint density at radius 3 is 1.11 bits per heavy atom. The van der Waals surface area contributed by atoms with Crippen LogP contribution in [0, 0.1) is 0 Å². The van der Waals surface area contributed by atoms with E-state index in [1.54, 1.807) is 0 Å². The van der Waals surface area contributed by atoms with E-state index in [9.17, 15) is 5.48 Å². The molecule has 0 radical (unpaired) electrons. The van der Waals surface area contributed by atoms with Gasteiger partial charge in [0.05, 0.1) is 39.1 Å². The van der Waals surface area contributed by atoms with E-state index in [-0.39, 0.29) is 47.6 Å². The zero-order valence-electron chi connectivity index (χ0n) is 52.1. The number of pyridine rings is 2. The van der Waals surface area contributed by atoms with Crippen LogP contribution in [0.4, 0.5) is 34.1 Å². The molecule has 11 aromatic carbocycles. The first-order chi connectivity index (χ1) is 44.0. The Kier molecular flexibility index (Phi) is 9.41. The summed E-state index contributed by atoms with van der Waals surface area (Å²) in [4.78, 5) is 13.2. The minimum Gasteiger partial charge on any atom is -0.310 e. The highest BCUT2D eigenvalue weighted by molar-refractivity contribution is 7.00. The number of hydrogen-bond donors (Lipinski definition) is 0. The molecule has 82 heavy (non-hydrogen) atoms. The Morgan fingerprint density at radius 1 is 0.329 bits per heavy atom. The molecule has 3 aromatic heterocycles. The van der Waals surface area contributed by atoms with Crippen LogP contribution in [-0.4, -0.2) is 21.2 Å². The van der Waals surface area contributed by atoms with E-state index < -0.39 is 19.1 Å². The van der Waals surface area contributed by atoms with Crippen molar-refractivity contribution in [3.8, 4) is 72.4 Å². The molecule has 14 aromatic rings. The molecular weight excluding hydrogens is 994 g/mol. The maximum absolute atomic E-state index is 9.40. The van der Waals surface area contributed by atoms with Crippen LogP contribution in [0.1, 0.15) is 11.0 Å². The summed E-state index contributed by atoms with van der Waals surface area (Å²) in [6.07, 6.45) is -1.49. The molecule has 0 saturated carbocycles. The highest BCUT2D eigenvalue weighted by Gasteiger charge is 2.46. The van der Waals surface area contributed by atoms with Gasteiger partial charge >= 0.3 is 0 Å². The Balaban J connectivity index is 1.13. The summed E-state index contributed by atoms with van der Waals surface area (Å²) in [5.74, 6) is 0. The van der Waals surface area contributed by atoms with E-state index in [1.807, 2.05) is 48.5 Å². The number of para-hydroxylation sites is 4. The predicted octanol–water partition coefficient (Wildman–Crippen LogP) is 17.7. The standard InChI is InChI=1S/C76H50BN5/c1-5-21-51(22-6-1)60-33-17-34-61(52-23-7-2-8-24-52)75(60)81-70-41-39-55(57-29-19-43-78-49-57)45-66(70)77-67-46-56(58-30-20-44-79-50-58)40-42-71(67)82(76-62(53-25-9-3-10-26-53)35-18-36-63(76)54-27-11-4-12-28-54)73-48-59(47-72(81)74(73)77)80-68-37-15-13-31-64(68)65-32-14-16-38-69(65)80/h1-50H/i19D,20D,29D,30D,43D,44D,49D,50D. The van der Waals surface area contributed by atoms with Crippen molar-refractivity contribution in [1.29, 1.82) is 0 Å². The van der Waals surface area contributed by atoms with Crippen LogP contribution in [0.15, 0.2) is 304 Å². The smallest absolute Gasteiger partial charge is 0.252 e. The normalized spacial score (nSPS) is 13.7. The van der Waals surface area contributed by atoms with Gasteiger partial charge in [0.25, 0.3) is 6.71 Å². The number of hydrogen-bond acceptors (Lipinski definition) is 4. The fourth-order valence-electron chi connectivity index (χ4n) is 12.8. The van der Waals surface area contributed by atoms with Crippen molar-refractivity contribution in [3.63, 3.8) is 0 Å². The molecule has 5 heterocycles. The SMILES string of the molecule is [2H]c1nc([2H])c(-c2ccc3c(c2)B2c4cc(-c5c([2H])nc([2H])c([2H])c5[2H])ccc4N(c4c(-c5ccccc5)cccc4-c4ccccc4)c4cc(-n5c6ccccc6c6ccccc65)cc(c42)N3c2c(-c3ccccc3)cccc2-c2ccccc2)c([2H])c1[2H]. The summed E-state index contributed by atoms with van der Waals surface area (Å²) in [5, 5.41) is 2.20. The van der Waals surface area contributed by atoms with Crippen molar-refractivity contribution in [2.75, 3.05) is 9.80 Å². The molecule has 6 heteroatoms. The highest BCUT2D eigenvalue weighted by atomic mass is 15.2. The van der Waals surface area contributed by atoms with E-state index in [0.717, 1.165) is 123 Å². The van der Waals surface area contributed by atoms with Gasteiger partial charge in [-0.25, -0.2) is 0 Å². The van der Waals surface area contributed by atoms with E-state index in [2.05, 4.69) is 231 Å². The second-order valence-corrected chi connectivity index (χ2v) is 20.7. The number of aromatic nitrogens is 3. The highest BCUT2D eigenvalue weighted by Crippen LogP contribution is 2.54. The number of fused-ring (bicyclic) bond motifs is 7. The Bertz CT molecular complexity index is 4830. The van der Waals surface area contributed by atoms with Crippen molar-refractivity contribution < 1.29 is 11.0 Å². The lowest BCUT2D eigenvalue weighted by molar-refractivity contribution is 1.16. The summed E-state index contributed by atoms with van der Waals surface area (Å²) < 4.78 is 74.6. The first-order valence-electron chi connectivity index (χ1n) is 31.4. The molecule has 0 spiro atoms. The molecule has 2 aliphatic rings. The molecule has 0 fully saturated rings. The Labute approximate surface area is 488 Å². The zero-order valence-corrected chi connectivity index (χ0v) is 44.1. The van der Waals surface area contributed by atoms with Crippen molar-refractivity contribution in [2.24, 2.45) is 0 Å². The number of rotatable bonds is 9. The minimum atomic E-state index is -0.683. The van der Waals surface area contributed by atoms with Gasteiger partial charge in [-0.05, 0) is 109 Å². The van der Waals surface area contributed by atoms with Gasteiger partial charge in [0.1, 0.15) is 0 Å². The second-order valence-electron chi connectivity index (χ2n) is 20.7. The van der Waals surface area contributed by atoms with Crippen molar-refractivity contribution >= 4 is 79.0 Å². The van der Waals surface area contributed by atoms with Crippen LogP contribution in [0.5, 0.6) is 0 Å². The van der Waals surface area contributed by atoms with Gasteiger partial charge in [0, 0.05) is 80.5 Å². The third-order valence-electron chi connectivity index (χ3n) is 16.3. The van der Waals surface area contributed by atoms with Gasteiger partial charge in [-0.1, -0.05) is 230 Å². The van der Waals surface area contributed by atoms with E-state index in [4.69, 9.17) is 5.48 Å². The number of anilines is 6. The summed E-state index contributed by atoms with van der Waals surface area (Å²) in [5.41, 5.74) is 19.4. The van der Waals surface area contributed by atoms with Gasteiger partial charge in [-0.2, -0.15) is 0 Å². The average Bonchev–Trinajstić information content (AvgIpc) is 0.738. The molecule has 0 aliphatic carbocycles. The third kappa shape index (κ3) is 7.64. The average molecular weight is 1050 g/mol. The maximum atomic E-state index is 9.40. The molecule has 382 valence electrons. The lowest BCUT2D eigenvalue weighted by Gasteiger charge is -2.46. The molecular formula is C76H50BN5. The van der Waals surface area contributed by atoms with Crippen LogP contribution in [-0.2, 0) is 0 Å². The van der Waals surface area contributed by atoms with E-state index in [0.29, 0.717) is 11.1 Å². The molecule has 0 N–H and O–H groups in total. The summed E-state index contributed by atoms with van der Waals surface area (Å²) in [6.45, 7) is -0.683. The molecule has 0 amide bonds. The van der Waals surface area contributed by atoms with Crippen LogP contribution in [0.2, 0.25) is 0 Å².